The van der Waals surface area contributed by atoms with Gasteiger partial charge in [-0.05, 0) is 61.2 Å². The predicted molar refractivity (Wildman–Crippen MR) is 144 cm³/mol. The lowest BCUT2D eigenvalue weighted by atomic mass is 9.98. The average molecular weight is 535 g/mol. The van der Waals surface area contributed by atoms with Crippen LogP contribution in [0.4, 0.5) is 10.1 Å². The minimum atomic E-state index is -0.361. The highest BCUT2D eigenvalue weighted by Crippen LogP contribution is 2.29. The third-order valence-electron chi connectivity index (χ3n) is 6.04. The predicted octanol–water partition coefficient (Wildman–Crippen LogP) is 6.36. The Bertz CT molecular complexity index is 1420. The first-order valence-electron chi connectivity index (χ1n) is 11.4. The molecule has 1 N–H and O–H groups in total. The van der Waals surface area contributed by atoms with E-state index in [-0.39, 0.29) is 11.7 Å². The number of aromatic nitrogens is 2. The minimum absolute atomic E-state index is 0.166. The molecule has 0 saturated heterocycles. The van der Waals surface area contributed by atoms with Crippen LogP contribution in [0.3, 0.4) is 0 Å². The fourth-order valence-electron chi connectivity index (χ4n) is 4.05. The number of rotatable bonds is 7. The summed E-state index contributed by atoms with van der Waals surface area (Å²) in [6.07, 6.45) is 6.31. The van der Waals surface area contributed by atoms with Gasteiger partial charge in [0.1, 0.15) is 5.82 Å². The van der Waals surface area contributed by atoms with Crippen molar-refractivity contribution in [1.82, 2.24) is 14.7 Å². The van der Waals surface area contributed by atoms with Gasteiger partial charge in [0.2, 0.25) is 0 Å². The van der Waals surface area contributed by atoms with Crippen LogP contribution in [0.1, 0.15) is 35.3 Å². The van der Waals surface area contributed by atoms with Gasteiger partial charge in [0, 0.05) is 43.1 Å². The zero-order chi connectivity index (χ0) is 25.1. The average Bonchev–Trinajstić information content (AvgIpc) is 3.26. The maximum atomic E-state index is 14.6. The van der Waals surface area contributed by atoms with E-state index in [1.54, 1.807) is 28.9 Å². The van der Waals surface area contributed by atoms with Gasteiger partial charge in [-0.15, -0.1) is 0 Å². The molecule has 0 unspecified atom stereocenters. The van der Waals surface area contributed by atoms with E-state index in [1.165, 1.54) is 22.8 Å². The summed E-state index contributed by atoms with van der Waals surface area (Å²) >= 11 is 3.29. The molecule has 180 valence electrons. The van der Waals surface area contributed by atoms with Gasteiger partial charge in [0.15, 0.2) is 5.65 Å². The second-order valence-corrected chi connectivity index (χ2v) is 9.54. The van der Waals surface area contributed by atoms with E-state index in [0.29, 0.717) is 33.5 Å². The van der Waals surface area contributed by atoms with Crippen molar-refractivity contribution in [2.45, 2.75) is 20.3 Å². The number of halogens is 2. The summed E-state index contributed by atoms with van der Waals surface area (Å²) in [5.74, 6) is -0.527. The molecule has 0 bridgehead atoms. The molecule has 0 spiro atoms. The summed E-state index contributed by atoms with van der Waals surface area (Å²) in [4.78, 5) is 19.6. The first-order chi connectivity index (χ1) is 16.8. The van der Waals surface area contributed by atoms with Crippen molar-refractivity contribution in [3.8, 4) is 11.3 Å². The van der Waals surface area contributed by atoms with Gasteiger partial charge in [0.05, 0.1) is 16.9 Å². The molecule has 0 aliphatic rings. The third kappa shape index (κ3) is 5.30. The third-order valence-corrected chi connectivity index (χ3v) is 6.53. The number of carbonyl (C=O) groups excluding carboxylic acids is 1. The molecule has 35 heavy (non-hydrogen) atoms. The Labute approximate surface area is 213 Å². The summed E-state index contributed by atoms with van der Waals surface area (Å²) in [5.41, 5.74) is 6.46. The van der Waals surface area contributed by atoms with Crippen LogP contribution in [0.2, 0.25) is 0 Å². The Balaban J connectivity index is 1.59. The van der Waals surface area contributed by atoms with Crippen molar-refractivity contribution in [2.75, 3.05) is 25.5 Å². The van der Waals surface area contributed by atoms with Crippen LogP contribution in [0, 0.1) is 5.82 Å². The van der Waals surface area contributed by atoms with Crippen molar-refractivity contribution in [2.24, 2.45) is 0 Å². The van der Waals surface area contributed by atoms with E-state index < -0.39 is 0 Å². The van der Waals surface area contributed by atoms with Gasteiger partial charge in [-0.1, -0.05) is 46.3 Å². The fraction of sp³-hybridized carbons (Fsp3) is 0.214. The first kappa shape index (κ1) is 24.7. The van der Waals surface area contributed by atoms with Gasteiger partial charge in [-0.3, -0.25) is 4.79 Å². The number of anilines is 1. The van der Waals surface area contributed by atoms with E-state index >= 15 is 0 Å². The number of nitrogens with one attached hydrogen (secondary N) is 1. The lowest BCUT2D eigenvalue weighted by Crippen LogP contribution is -2.26. The molecular formula is C28H28BrFN4O. The van der Waals surface area contributed by atoms with Crippen LogP contribution in [-0.4, -0.2) is 35.9 Å². The molecule has 4 aromatic rings. The van der Waals surface area contributed by atoms with E-state index in [1.807, 2.05) is 44.1 Å². The highest BCUT2D eigenvalue weighted by molar-refractivity contribution is 9.10. The number of fused-ring (bicyclic) bond motifs is 1. The lowest BCUT2D eigenvalue weighted by molar-refractivity contribution is 0.0953. The van der Waals surface area contributed by atoms with Gasteiger partial charge in [-0.2, -0.15) is 0 Å². The number of hydrogen-bond donors (Lipinski definition) is 1. The number of pyridine rings is 1. The Kier molecular flexibility index (Phi) is 7.36. The molecule has 0 aliphatic heterocycles. The number of benzene rings is 2. The van der Waals surface area contributed by atoms with Crippen molar-refractivity contribution in [1.29, 1.82) is 0 Å². The Morgan fingerprint density at radius 3 is 2.66 bits per heavy atom. The molecule has 2 aromatic carbocycles. The van der Waals surface area contributed by atoms with Crippen molar-refractivity contribution < 1.29 is 9.18 Å². The Morgan fingerprint density at radius 1 is 1.17 bits per heavy atom. The highest BCUT2D eigenvalue weighted by atomic mass is 79.9. The Morgan fingerprint density at radius 2 is 1.94 bits per heavy atom. The maximum absolute atomic E-state index is 14.6. The molecule has 2 aromatic heterocycles. The van der Waals surface area contributed by atoms with Crippen LogP contribution >= 0.6 is 15.9 Å². The summed E-state index contributed by atoms with van der Waals surface area (Å²) in [7, 11) is 3.79. The molecule has 0 fully saturated rings. The minimum Gasteiger partial charge on any atom is -0.375 e. The number of nitrogens with zero attached hydrogens (tertiary/aromatic N) is 3. The molecule has 7 heteroatoms. The number of imidazole rings is 1. The Hall–Kier alpha value is -3.45. The molecule has 1 amide bonds. The first-order valence-corrected chi connectivity index (χ1v) is 12.2. The van der Waals surface area contributed by atoms with Gasteiger partial charge >= 0.3 is 0 Å². The standard InChI is InChI=1S/C28H28BrFN4O/c1-5-18(2)22-9-7-6-8-19(22)12-13-31-28(35)20-14-26(33(3)4)27-32-25(17-34(27)16-20)23-11-10-21(29)15-24(23)30/h5-11,14-17H,12-13H2,1-4H3,(H,31,35)/b18-5-. The van der Waals surface area contributed by atoms with E-state index in [9.17, 15) is 9.18 Å². The quantitative estimate of drug-likeness (QED) is 0.300. The molecule has 0 radical (unpaired) electrons. The van der Waals surface area contributed by atoms with E-state index in [0.717, 1.165) is 12.1 Å². The highest BCUT2D eigenvalue weighted by Gasteiger charge is 2.17. The van der Waals surface area contributed by atoms with E-state index in [4.69, 9.17) is 0 Å². The van der Waals surface area contributed by atoms with Crippen LogP contribution in [-0.2, 0) is 6.42 Å². The molecular weight excluding hydrogens is 507 g/mol. The number of carbonyl (C=O) groups is 1. The second-order valence-electron chi connectivity index (χ2n) is 8.62. The van der Waals surface area contributed by atoms with Gasteiger partial charge in [0.25, 0.3) is 5.91 Å². The molecule has 4 rings (SSSR count). The summed E-state index contributed by atoms with van der Waals surface area (Å²) in [6, 6.07) is 15.0. The van der Waals surface area contributed by atoms with Crippen LogP contribution < -0.4 is 10.2 Å². The number of allylic oxidation sites excluding steroid dienone is 2. The molecule has 0 atom stereocenters. The topological polar surface area (TPSA) is 49.6 Å². The second kappa shape index (κ2) is 10.4. The van der Waals surface area contributed by atoms with Crippen molar-refractivity contribution >= 4 is 38.7 Å². The molecule has 0 aliphatic carbocycles. The largest absolute Gasteiger partial charge is 0.375 e. The van der Waals surface area contributed by atoms with Crippen molar-refractivity contribution in [3.05, 3.63) is 94.0 Å². The van der Waals surface area contributed by atoms with Crippen LogP contribution in [0.5, 0.6) is 0 Å². The zero-order valence-corrected chi connectivity index (χ0v) is 21.9. The monoisotopic (exact) mass is 534 g/mol. The molecule has 5 nitrogen and oxygen atoms in total. The smallest absolute Gasteiger partial charge is 0.252 e. The SMILES string of the molecule is C/C=C(/C)c1ccccc1CCNC(=O)c1cc(N(C)C)c2nc(-c3ccc(Br)cc3F)cn2c1. The van der Waals surface area contributed by atoms with E-state index in [2.05, 4.69) is 51.4 Å². The molecule has 0 saturated carbocycles. The summed E-state index contributed by atoms with van der Waals surface area (Å²) in [5, 5.41) is 3.04. The summed E-state index contributed by atoms with van der Waals surface area (Å²) < 4.78 is 17.0. The molecule has 2 heterocycles. The maximum Gasteiger partial charge on any atom is 0.252 e. The zero-order valence-electron chi connectivity index (χ0n) is 20.3. The van der Waals surface area contributed by atoms with Crippen molar-refractivity contribution in [3.63, 3.8) is 0 Å². The lowest BCUT2D eigenvalue weighted by Gasteiger charge is -2.15. The number of hydrogen-bond acceptors (Lipinski definition) is 3. The van der Waals surface area contributed by atoms with Crippen LogP contribution in [0.15, 0.2) is 71.5 Å². The normalized spacial score (nSPS) is 11.7. The fourth-order valence-corrected chi connectivity index (χ4v) is 4.39. The van der Waals surface area contributed by atoms with Gasteiger partial charge < -0.3 is 14.6 Å². The van der Waals surface area contributed by atoms with Crippen LogP contribution in [0.25, 0.3) is 22.5 Å². The van der Waals surface area contributed by atoms with Gasteiger partial charge in [-0.25, -0.2) is 9.37 Å². The summed E-state index contributed by atoms with van der Waals surface area (Å²) in [6.45, 7) is 4.63. The number of amides is 1.